The van der Waals surface area contributed by atoms with Gasteiger partial charge in [0.25, 0.3) is 5.91 Å². The van der Waals surface area contributed by atoms with Crippen molar-refractivity contribution in [3.05, 3.63) is 70.8 Å². The van der Waals surface area contributed by atoms with Crippen LogP contribution in [0.2, 0.25) is 0 Å². The van der Waals surface area contributed by atoms with E-state index < -0.39 is 0 Å². The molecule has 2 aromatic heterocycles. The average molecular weight is 372 g/mol. The number of hydrogen-bond donors (Lipinski definition) is 2. The fraction of sp³-hybridized carbons (Fsp3) is 0.217. The first-order valence-corrected chi connectivity index (χ1v) is 9.51. The molecule has 2 heterocycles. The van der Waals surface area contributed by atoms with Gasteiger partial charge >= 0.3 is 0 Å². The van der Waals surface area contributed by atoms with Crippen LogP contribution in [0.3, 0.4) is 0 Å². The van der Waals surface area contributed by atoms with Crippen LogP contribution in [0.1, 0.15) is 34.0 Å². The molecule has 5 nitrogen and oxygen atoms in total. The van der Waals surface area contributed by atoms with E-state index in [1.165, 1.54) is 16.5 Å². The molecule has 0 saturated heterocycles. The Morgan fingerprint density at radius 1 is 1.07 bits per heavy atom. The predicted molar refractivity (Wildman–Crippen MR) is 114 cm³/mol. The molecular weight excluding hydrogens is 348 g/mol. The van der Waals surface area contributed by atoms with Gasteiger partial charge in [-0.3, -0.25) is 9.89 Å². The lowest BCUT2D eigenvalue weighted by atomic mass is 10.1. The highest BCUT2D eigenvalue weighted by Crippen LogP contribution is 2.33. The number of hydrogen-bond acceptors (Lipinski definition) is 2. The van der Waals surface area contributed by atoms with Gasteiger partial charge in [-0.2, -0.15) is 5.10 Å². The van der Waals surface area contributed by atoms with Gasteiger partial charge in [0.15, 0.2) is 5.82 Å². The van der Waals surface area contributed by atoms with Crippen LogP contribution in [-0.4, -0.2) is 20.7 Å². The standard InChI is InChI=1S/C23H24N4O/c1-5-27-20-9-7-6-8-18(20)16(4)22(27)19-13-21(26-25-19)24-23(28)17-11-14(2)10-15(3)12-17/h6-13H,5H2,1-4H3,(H2,24,25,26,28). The smallest absolute Gasteiger partial charge is 0.256 e. The highest BCUT2D eigenvalue weighted by Gasteiger charge is 2.17. The Morgan fingerprint density at radius 2 is 1.79 bits per heavy atom. The molecule has 4 rings (SSSR count). The molecule has 0 fully saturated rings. The van der Waals surface area contributed by atoms with Crippen LogP contribution in [0, 0.1) is 20.8 Å². The molecule has 0 saturated carbocycles. The van der Waals surface area contributed by atoms with E-state index >= 15 is 0 Å². The van der Waals surface area contributed by atoms with Gasteiger partial charge in [-0.1, -0.05) is 35.4 Å². The summed E-state index contributed by atoms with van der Waals surface area (Å²) in [6, 6.07) is 16.1. The van der Waals surface area contributed by atoms with Crippen molar-refractivity contribution < 1.29 is 4.79 Å². The molecule has 0 atom stereocenters. The van der Waals surface area contributed by atoms with E-state index in [9.17, 15) is 4.79 Å². The Labute approximate surface area is 164 Å². The summed E-state index contributed by atoms with van der Waals surface area (Å²) in [7, 11) is 0. The number of nitrogens with one attached hydrogen (secondary N) is 2. The lowest BCUT2D eigenvalue weighted by molar-refractivity contribution is 0.102. The summed E-state index contributed by atoms with van der Waals surface area (Å²) in [6.07, 6.45) is 0. The minimum absolute atomic E-state index is 0.155. The van der Waals surface area contributed by atoms with Gasteiger partial charge in [0.1, 0.15) is 0 Å². The number of amides is 1. The SMILES string of the molecule is CCn1c(-c2cc(NC(=O)c3cc(C)cc(C)c3)n[nH]2)c(C)c2ccccc21. The first-order valence-electron chi connectivity index (χ1n) is 9.51. The van der Waals surface area contributed by atoms with Crippen molar-refractivity contribution in [3.8, 4) is 11.4 Å². The number of benzene rings is 2. The van der Waals surface area contributed by atoms with Crippen molar-refractivity contribution in [1.29, 1.82) is 0 Å². The van der Waals surface area contributed by atoms with Gasteiger partial charge in [0, 0.05) is 29.1 Å². The first-order chi connectivity index (χ1) is 13.5. The Bertz CT molecular complexity index is 1160. The Hall–Kier alpha value is -3.34. The van der Waals surface area contributed by atoms with Crippen LogP contribution in [0.4, 0.5) is 5.82 Å². The summed E-state index contributed by atoms with van der Waals surface area (Å²) < 4.78 is 2.27. The van der Waals surface area contributed by atoms with Crippen LogP contribution < -0.4 is 5.32 Å². The van der Waals surface area contributed by atoms with Crippen molar-refractivity contribution >= 4 is 22.6 Å². The molecule has 0 aliphatic rings. The highest BCUT2D eigenvalue weighted by molar-refractivity contribution is 6.04. The number of fused-ring (bicyclic) bond motifs is 1. The van der Waals surface area contributed by atoms with Crippen LogP contribution in [-0.2, 0) is 6.54 Å². The summed E-state index contributed by atoms with van der Waals surface area (Å²) in [4.78, 5) is 12.6. The topological polar surface area (TPSA) is 62.7 Å². The van der Waals surface area contributed by atoms with Crippen LogP contribution in [0.25, 0.3) is 22.3 Å². The molecule has 0 unspecified atom stereocenters. The monoisotopic (exact) mass is 372 g/mol. The fourth-order valence-corrected chi connectivity index (χ4v) is 3.95. The molecule has 0 aliphatic carbocycles. The summed E-state index contributed by atoms with van der Waals surface area (Å²) in [5.74, 6) is 0.365. The number of aromatic nitrogens is 3. The predicted octanol–water partition coefficient (Wildman–Crippen LogP) is 5.23. The van der Waals surface area contributed by atoms with Crippen LogP contribution >= 0.6 is 0 Å². The number of para-hydroxylation sites is 1. The van der Waals surface area contributed by atoms with Gasteiger partial charge < -0.3 is 9.88 Å². The second kappa shape index (κ2) is 7.00. The fourth-order valence-electron chi connectivity index (χ4n) is 3.95. The molecule has 28 heavy (non-hydrogen) atoms. The van der Waals surface area contributed by atoms with Gasteiger partial charge in [-0.25, -0.2) is 0 Å². The number of carbonyl (C=O) groups excluding carboxylic acids is 1. The van der Waals surface area contributed by atoms with E-state index in [2.05, 4.69) is 64.3 Å². The maximum absolute atomic E-state index is 12.6. The van der Waals surface area contributed by atoms with Gasteiger partial charge in [0.2, 0.25) is 0 Å². The number of nitrogens with zero attached hydrogens (tertiary/aromatic N) is 2. The molecular formula is C23H24N4O. The van der Waals surface area contributed by atoms with Gasteiger partial charge in [0.05, 0.1) is 11.4 Å². The van der Waals surface area contributed by atoms with Crippen molar-refractivity contribution in [2.75, 3.05) is 5.32 Å². The van der Waals surface area contributed by atoms with E-state index in [-0.39, 0.29) is 5.91 Å². The molecule has 2 N–H and O–H groups in total. The Morgan fingerprint density at radius 3 is 2.50 bits per heavy atom. The van der Waals surface area contributed by atoms with Crippen LogP contribution in [0.15, 0.2) is 48.5 Å². The third kappa shape index (κ3) is 3.09. The van der Waals surface area contributed by atoms with Crippen LogP contribution in [0.5, 0.6) is 0 Å². The van der Waals surface area contributed by atoms with Gasteiger partial charge in [-0.15, -0.1) is 0 Å². The number of aryl methyl sites for hydroxylation is 4. The summed E-state index contributed by atoms with van der Waals surface area (Å²) in [5, 5.41) is 11.5. The van der Waals surface area contributed by atoms with E-state index in [1.54, 1.807) is 0 Å². The maximum atomic E-state index is 12.6. The summed E-state index contributed by atoms with van der Waals surface area (Å²) in [6.45, 7) is 9.09. The maximum Gasteiger partial charge on any atom is 0.256 e. The zero-order valence-corrected chi connectivity index (χ0v) is 16.6. The van der Waals surface area contributed by atoms with Crippen molar-refractivity contribution in [3.63, 3.8) is 0 Å². The van der Waals surface area contributed by atoms with Crippen molar-refractivity contribution in [1.82, 2.24) is 14.8 Å². The Balaban J connectivity index is 1.68. The molecule has 4 aromatic rings. The van der Waals surface area contributed by atoms with E-state index in [4.69, 9.17) is 0 Å². The zero-order valence-electron chi connectivity index (χ0n) is 16.6. The molecule has 0 radical (unpaired) electrons. The summed E-state index contributed by atoms with van der Waals surface area (Å²) >= 11 is 0. The lowest BCUT2D eigenvalue weighted by Crippen LogP contribution is -2.12. The molecule has 2 aromatic carbocycles. The minimum atomic E-state index is -0.155. The minimum Gasteiger partial charge on any atom is -0.339 e. The largest absolute Gasteiger partial charge is 0.339 e. The lowest BCUT2D eigenvalue weighted by Gasteiger charge is -2.07. The second-order valence-electron chi connectivity index (χ2n) is 7.23. The number of carbonyl (C=O) groups is 1. The third-order valence-electron chi connectivity index (χ3n) is 5.10. The molecule has 1 amide bonds. The van der Waals surface area contributed by atoms with Crippen molar-refractivity contribution in [2.45, 2.75) is 34.2 Å². The average Bonchev–Trinajstić information content (AvgIpc) is 3.23. The normalized spacial score (nSPS) is 11.1. The molecule has 142 valence electrons. The number of rotatable bonds is 4. The highest BCUT2D eigenvalue weighted by atomic mass is 16.1. The first kappa shape index (κ1) is 18.0. The number of aromatic amines is 1. The third-order valence-corrected chi connectivity index (χ3v) is 5.10. The van der Waals surface area contributed by atoms with E-state index in [1.807, 2.05) is 32.0 Å². The summed E-state index contributed by atoms with van der Waals surface area (Å²) in [5.41, 5.74) is 7.17. The van der Waals surface area contributed by atoms with Crippen molar-refractivity contribution in [2.24, 2.45) is 0 Å². The molecule has 0 aliphatic heterocycles. The molecule has 0 bridgehead atoms. The Kier molecular flexibility index (Phi) is 4.51. The van der Waals surface area contributed by atoms with E-state index in [0.29, 0.717) is 11.4 Å². The van der Waals surface area contributed by atoms with E-state index in [0.717, 1.165) is 29.1 Å². The number of H-pyrrole nitrogens is 1. The molecule has 0 spiro atoms. The van der Waals surface area contributed by atoms with Gasteiger partial charge in [-0.05, 0) is 51.5 Å². The molecule has 5 heteroatoms. The zero-order chi connectivity index (χ0) is 19.8. The second-order valence-corrected chi connectivity index (χ2v) is 7.23. The number of anilines is 1. The quantitative estimate of drug-likeness (QED) is 0.515.